The Balaban J connectivity index is 1.32. The van der Waals surface area contributed by atoms with Crippen molar-refractivity contribution in [3.8, 4) is 16.6 Å². The molecule has 0 saturated heterocycles. The Hall–Kier alpha value is -2.74. The van der Waals surface area contributed by atoms with E-state index in [1.807, 2.05) is 11.4 Å². The molecule has 3 heterocycles. The molecule has 0 atom stereocenters. The van der Waals surface area contributed by atoms with Crippen LogP contribution in [-0.4, -0.2) is 30.0 Å². The number of ether oxygens (including phenoxy) is 1. The monoisotopic (exact) mass is 446 g/mol. The Morgan fingerprint density at radius 3 is 2.90 bits per heavy atom. The van der Waals surface area contributed by atoms with E-state index in [4.69, 9.17) is 10.00 Å². The number of thiophene rings is 2. The van der Waals surface area contributed by atoms with E-state index in [-0.39, 0.29) is 13.0 Å². The van der Waals surface area contributed by atoms with Crippen molar-refractivity contribution in [2.45, 2.75) is 19.8 Å². The number of hydrogen-bond donors (Lipinski definition) is 2. The summed E-state index contributed by atoms with van der Waals surface area (Å²) in [4.78, 5) is 30.5. The molecule has 0 aromatic carbocycles. The highest BCUT2D eigenvalue weighted by molar-refractivity contribution is 7.17. The molecule has 0 aliphatic carbocycles. The van der Waals surface area contributed by atoms with Crippen LogP contribution in [0.4, 0.5) is 10.1 Å². The fourth-order valence-corrected chi connectivity index (χ4v) is 4.74. The molecule has 150 valence electrons. The number of hydrogen-bond acceptors (Lipinski definition) is 9. The number of carbonyl (C=O) groups excluding carboxylic acids is 2. The predicted octanol–water partition coefficient (Wildman–Crippen LogP) is 4.49. The van der Waals surface area contributed by atoms with E-state index in [0.717, 1.165) is 15.7 Å². The summed E-state index contributed by atoms with van der Waals surface area (Å²) in [5.74, 6) is -0.905. The molecule has 0 saturated carbocycles. The second kappa shape index (κ2) is 10.2. The number of thiazole rings is 1. The van der Waals surface area contributed by atoms with Crippen LogP contribution in [0.25, 0.3) is 10.6 Å². The summed E-state index contributed by atoms with van der Waals surface area (Å²) in [6, 6.07) is 7.73. The van der Waals surface area contributed by atoms with Crippen LogP contribution in [0, 0.1) is 18.3 Å². The van der Waals surface area contributed by atoms with Gasteiger partial charge in [-0.1, -0.05) is 0 Å². The predicted molar refractivity (Wildman–Crippen MR) is 117 cm³/mol. The fourth-order valence-electron chi connectivity index (χ4n) is 2.34. The van der Waals surface area contributed by atoms with E-state index in [0.29, 0.717) is 23.5 Å². The van der Waals surface area contributed by atoms with Crippen molar-refractivity contribution in [2.24, 2.45) is 0 Å². The Labute approximate surface area is 180 Å². The zero-order valence-electron chi connectivity index (χ0n) is 15.6. The van der Waals surface area contributed by atoms with Gasteiger partial charge in [-0.05, 0) is 36.9 Å². The molecule has 0 aliphatic heterocycles. The van der Waals surface area contributed by atoms with E-state index in [2.05, 4.69) is 34.7 Å². The van der Waals surface area contributed by atoms with Gasteiger partial charge in [0.2, 0.25) is 0 Å². The van der Waals surface area contributed by atoms with Crippen molar-refractivity contribution in [1.29, 1.82) is 5.26 Å². The van der Waals surface area contributed by atoms with Gasteiger partial charge in [0.15, 0.2) is 11.7 Å². The minimum atomic E-state index is -0.463. The first-order chi connectivity index (χ1) is 14.0. The SMILES string of the molecule is Cc1ccc(-c2csc(NCCCC(=O)OCC(=O)Nc3sccc3C#N)n2)s1. The number of aromatic nitrogens is 1. The van der Waals surface area contributed by atoms with Gasteiger partial charge in [0, 0.05) is 23.2 Å². The highest BCUT2D eigenvalue weighted by Gasteiger charge is 2.11. The van der Waals surface area contributed by atoms with Gasteiger partial charge in [0.05, 0.1) is 16.1 Å². The Kier molecular flexibility index (Phi) is 7.35. The molecule has 3 aromatic rings. The van der Waals surface area contributed by atoms with Crippen LogP contribution >= 0.6 is 34.0 Å². The van der Waals surface area contributed by atoms with Crippen LogP contribution in [0.2, 0.25) is 0 Å². The zero-order valence-corrected chi connectivity index (χ0v) is 18.0. The topological polar surface area (TPSA) is 104 Å². The lowest BCUT2D eigenvalue weighted by molar-refractivity contribution is -0.147. The van der Waals surface area contributed by atoms with Gasteiger partial charge in [-0.3, -0.25) is 9.59 Å². The average Bonchev–Trinajstić information content (AvgIpc) is 3.44. The first kappa shape index (κ1) is 21.0. The molecular weight excluding hydrogens is 428 g/mol. The number of amides is 1. The van der Waals surface area contributed by atoms with Crippen molar-refractivity contribution in [1.82, 2.24) is 4.98 Å². The molecule has 0 fully saturated rings. The van der Waals surface area contributed by atoms with Crippen LogP contribution < -0.4 is 10.6 Å². The van der Waals surface area contributed by atoms with Crippen molar-refractivity contribution in [3.63, 3.8) is 0 Å². The third-order valence-corrected chi connectivity index (χ3v) is 6.39. The third-order valence-electron chi connectivity index (χ3n) is 3.73. The molecular formula is C19H18N4O3S3. The number of carbonyl (C=O) groups is 2. The Bertz CT molecular complexity index is 1030. The molecule has 0 aliphatic rings. The van der Waals surface area contributed by atoms with Gasteiger partial charge >= 0.3 is 5.97 Å². The maximum Gasteiger partial charge on any atom is 0.306 e. The van der Waals surface area contributed by atoms with Crippen LogP contribution in [0.5, 0.6) is 0 Å². The summed E-state index contributed by atoms with van der Waals surface area (Å²) in [5, 5.41) is 19.7. The third kappa shape index (κ3) is 6.12. The molecule has 3 aromatic heterocycles. The summed E-state index contributed by atoms with van der Waals surface area (Å²) in [6.45, 7) is 2.28. The Morgan fingerprint density at radius 1 is 1.28 bits per heavy atom. The van der Waals surface area contributed by atoms with Gasteiger partial charge in [-0.2, -0.15) is 5.26 Å². The second-order valence-corrected chi connectivity index (χ2v) is 9.02. The lowest BCUT2D eigenvalue weighted by Crippen LogP contribution is -2.21. The molecule has 0 spiro atoms. The highest BCUT2D eigenvalue weighted by atomic mass is 32.1. The van der Waals surface area contributed by atoms with Gasteiger partial charge in [0.25, 0.3) is 5.91 Å². The molecule has 0 radical (unpaired) electrons. The standard InChI is InChI=1S/C19H18N4O3S3/c1-12-4-5-15(29-12)14-11-28-19(22-14)21-7-2-3-17(25)26-10-16(24)23-18-13(9-20)6-8-27-18/h4-6,8,11H,2-3,7,10H2,1H3,(H,21,22)(H,23,24). The quantitative estimate of drug-likeness (QED) is 0.371. The smallest absolute Gasteiger partial charge is 0.306 e. The molecule has 0 unspecified atom stereocenters. The van der Waals surface area contributed by atoms with Crippen LogP contribution in [0.1, 0.15) is 23.3 Å². The van der Waals surface area contributed by atoms with Gasteiger partial charge in [-0.25, -0.2) is 4.98 Å². The second-order valence-electron chi connectivity index (χ2n) is 5.96. The zero-order chi connectivity index (χ0) is 20.6. The van der Waals surface area contributed by atoms with Crippen LogP contribution in [0.15, 0.2) is 29.0 Å². The fraction of sp³-hybridized carbons (Fsp3) is 0.263. The minimum absolute atomic E-state index is 0.199. The van der Waals surface area contributed by atoms with E-state index in [1.54, 1.807) is 22.8 Å². The molecule has 2 N–H and O–H groups in total. The maximum atomic E-state index is 11.8. The largest absolute Gasteiger partial charge is 0.456 e. The lowest BCUT2D eigenvalue weighted by Gasteiger charge is -2.06. The van der Waals surface area contributed by atoms with Gasteiger partial charge < -0.3 is 15.4 Å². The number of nitrogens with one attached hydrogen (secondary N) is 2. The number of rotatable bonds is 9. The summed E-state index contributed by atoms with van der Waals surface area (Å²) < 4.78 is 4.97. The number of nitriles is 1. The van der Waals surface area contributed by atoms with Gasteiger partial charge in [-0.15, -0.1) is 34.0 Å². The number of esters is 1. The molecule has 10 heteroatoms. The van der Waals surface area contributed by atoms with E-state index >= 15 is 0 Å². The summed E-state index contributed by atoms with van der Waals surface area (Å²) in [5.41, 5.74) is 1.34. The minimum Gasteiger partial charge on any atom is -0.456 e. The summed E-state index contributed by atoms with van der Waals surface area (Å²) >= 11 is 4.47. The number of nitrogens with zero attached hydrogens (tertiary/aromatic N) is 2. The molecule has 3 rings (SSSR count). The number of aryl methyl sites for hydroxylation is 1. The van der Waals surface area contributed by atoms with Crippen molar-refractivity contribution >= 4 is 56.0 Å². The highest BCUT2D eigenvalue weighted by Crippen LogP contribution is 2.30. The van der Waals surface area contributed by atoms with E-state index in [1.165, 1.54) is 27.6 Å². The molecule has 1 amide bonds. The lowest BCUT2D eigenvalue weighted by atomic mass is 10.3. The number of anilines is 2. The summed E-state index contributed by atoms with van der Waals surface area (Å²) in [6.07, 6.45) is 0.766. The van der Waals surface area contributed by atoms with Crippen molar-refractivity contribution < 1.29 is 14.3 Å². The maximum absolute atomic E-state index is 11.8. The van der Waals surface area contributed by atoms with Crippen LogP contribution in [0.3, 0.4) is 0 Å². The van der Waals surface area contributed by atoms with E-state index < -0.39 is 11.9 Å². The van der Waals surface area contributed by atoms with Crippen molar-refractivity contribution in [3.05, 3.63) is 39.4 Å². The molecule has 0 bridgehead atoms. The normalized spacial score (nSPS) is 10.3. The Morgan fingerprint density at radius 2 is 2.14 bits per heavy atom. The molecule has 7 nitrogen and oxygen atoms in total. The first-order valence-corrected chi connectivity index (χ1v) is 11.3. The molecule has 29 heavy (non-hydrogen) atoms. The van der Waals surface area contributed by atoms with Gasteiger partial charge in [0.1, 0.15) is 11.1 Å². The average molecular weight is 447 g/mol. The first-order valence-electron chi connectivity index (χ1n) is 8.74. The van der Waals surface area contributed by atoms with Crippen molar-refractivity contribution in [2.75, 3.05) is 23.8 Å². The summed E-state index contributed by atoms with van der Waals surface area (Å²) in [7, 11) is 0. The van der Waals surface area contributed by atoms with Crippen LogP contribution in [-0.2, 0) is 14.3 Å². The van der Waals surface area contributed by atoms with E-state index in [9.17, 15) is 9.59 Å².